The standard InChI is InChI=1S/C30H52N4O6/c1-3-4-5-6-7-8-9-10-11-12-19-31-27(37)14-13-22-40-26-17-15-25(16-18-26)33-29(30(39)32-20-21-35)34-28(38)23-24(2)36/h15-18,24,29,33,35-36H,3-14,19-23H2,1-2H3,(H,31,37)(H,32,39)(H,34,38). The first kappa shape index (κ1) is 35.2. The highest BCUT2D eigenvalue weighted by Crippen LogP contribution is 2.17. The zero-order chi connectivity index (χ0) is 29.4. The Labute approximate surface area is 240 Å². The van der Waals surface area contributed by atoms with Gasteiger partial charge in [0.15, 0.2) is 6.17 Å². The van der Waals surface area contributed by atoms with Crippen molar-refractivity contribution < 1.29 is 29.3 Å². The Morgan fingerprint density at radius 1 is 0.825 bits per heavy atom. The molecule has 0 aliphatic carbocycles. The molecule has 1 rings (SSSR count). The van der Waals surface area contributed by atoms with Crippen molar-refractivity contribution in [2.75, 3.05) is 31.6 Å². The number of unbranched alkanes of at least 4 members (excludes halogenated alkanes) is 9. The number of ether oxygens (including phenoxy) is 1. The smallest absolute Gasteiger partial charge is 0.263 e. The van der Waals surface area contributed by atoms with Crippen LogP contribution in [0.4, 0.5) is 5.69 Å². The monoisotopic (exact) mass is 564 g/mol. The lowest BCUT2D eigenvalue weighted by Gasteiger charge is -2.21. The Balaban J connectivity index is 2.25. The van der Waals surface area contributed by atoms with Crippen LogP contribution in [0.3, 0.4) is 0 Å². The Morgan fingerprint density at radius 2 is 1.45 bits per heavy atom. The minimum atomic E-state index is -1.08. The maximum atomic E-state index is 12.4. The number of nitrogens with one attached hydrogen (secondary N) is 4. The van der Waals surface area contributed by atoms with Crippen LogP contribution in [0, 0.1) is 0 Å². The summed E-state index contributed by atoms with van der Waals surface area (Å²) in [7, 11) is 0. The van der Waals surface area contributed by atoms with Gasteiger partial charge in [-0.05, 0) is 44.0 Å². The van der Waals surface area contributed by atoms with E-state index in [1.165, 1.54) is 58.3 Å². The average molecular weight is 565 g/mol. The van der Waals surface area contributed by atoms with Gasteiger partial charge in [-0.15, -0.1) is 0 Å². The predicted octanol–water partition coefficient (Wildman–Crippen LogP) is 3.62. The van der Waals surface area contributed by atoms with Gasteiger partial charge in [-0.2, -0.15) is 0 Å². The molecule has 0 bridgehead atoms. The molecule has 0 fully saturated rings. The van der Waals surface area contributed by atoms with E-state index in [1.54, 1.807) is 24.3 Å². The first-order valence-electron chi connectivity index (χ1n) is 15.0. The van der Waals surface area contributed by atoms with Gasteiger partial charge in [0.25, 0.3) is 5.91 Å². The fraction of sp³-hybridized carbons (Fsp3) is 0.700. The van der Waals surface area contributed by atoms with Gasteiger partial charge in [-0.25, -0.2) is 0 Å². The maximum Gasteiger partial charge on any atom is 0.263 e. The van der Waals surface area contributed by atoms with E-state index in [-0.39, 0.29) is 25.5 Å². The van der Waals surface area contributed by atoms with E-state index in [4.69, 9.17) is 9.84 Å². The number of aliphatic hydroxyl groups is 2. The van der Waals surface area contributed by atoms with Crippen LogP contribution in [-0.2, 0) is 14.4 Å². The maximum absolute atomic E-state index is 12.4. The molecule has 40 heavy (non-hydrogen) atoms. The molecular formula is C30H52N4O6. The Kier molecular flexibility index (Phi) is 20.2. The third kappa shape index (κ3) is 18.4. The quantitative estimate of drug-likeness (QED) is 0.0830. The van der Waals surface area contributed by atoms with Crippen molar-refractivity contribution in [3.8, 4) is 5.75 Å². The number of carbonyl (C=O) groups excluding carboxylic acids is 3. The van der Waals surface area contributed by atoms with Crippen LogP contribution in [0.2, 0.25) is 0 Å². The second-order valence-electron chi connectivity index (χ2n) is 10.2. The normalized spacial score (nSPS) is 12.3. The molecule has 0 aliphatic heterocycles. The van der Waals surface area contributed by atoms with E-state index in [9.17, 15) is 19.5 Å². The van der Waals surface area contributed by atoms with Crippen molar-refractivity contribution in [1.82, 2.24) is 16.0 Å². The number of hydrogen-bond donors (Lipinski definition) is 6. The summed E-state index contributed by atoms with van der Waals surface area (Å²) in [4.78, 5) is 36.5. The second kappa shape index (κ2) is 22.9. The summed E-state index contributed by atoms with van der Waals surface area (Å²) in [5.74, 6) is -0.336. The van der Waals surface area contributed by atoms with Gasteiger partial charge in [-0.1, -0.05) is 64.7 Å². The SMILES string of the molecule is CCCCCCCCCCCCNC(=O)CCCOc1ccc(NC(NC(=O)CC(C)O)C(=O)NCCO)cc1. The Hall–Kier alpha value is -2.85. The first-order chi connectivity index (χ1) is 19.3. The average Bonchev–Trinajstić information content (AvgIpc) is 2.92. The number of amides is 3. The summed E-state index contributed by atoms with van der Waals surface area (Å²) in [6, 6.07) is 6.88. The summed E-state index contributed by atoms with van der Waals surface area (Å²) in [5.41, 5.74) is 0.570. The van der Waals surface area contributed by atoms with Crippen molar-refractivity contribution >= 4 is 23.4 Å². The summed E-state index contributed by atoms with van der Waals surface area (Å²) in [6.07, 6.45) is 11.7. The number of aliphatic hydroxyl groups excluding tert-OH is 2. The molecule has 1 aromatic carbocycles. The Bertz CT molecular complexity index is 819. The van der Waals surface area contributed by atoms with Crippen molar-refractivity contribution in [3.63, 3.8) is 0 Å². The van der Waals surface area contributed by atoms with Crippen LogP contribution in [0.25, 0.3) is 0 Å². The summed E-state index contributed by atoms with van der Waals surface area (Å²) >= 11 is 0. The summed E-state index contributed by atoms with van der Waals surface area (Å²) in [6.45, 7) is 4.67. The highest BCUT2D eigenvalue weighted by atomic mass is 16.5. The number of hydrogen-bond acceptors (Lipinski definition) is 7. The molecule has 0 aromatic heterocycles. The molecule has 0 saturated carbocycles. The fourth-order valence-corrected chi connectivity index (χ4v) is 4.10. The number of benzene rings is 1. The molecule has 0 radical (unpaired) electrons. The van der Waals surface area contributed by atoms with E-state index >= 15 is 0 Å². The highest BCUT2D eigenvalue weighted by molar-refractivity contribution is 5.89. The van der Waals surface area contributed by atoms with Crippen LogP contribution in [0.1, 0.15) is 97.3 Å². The number of rotatable bonds is 24. The zero-order valence-corrected chi connectivity index (χ0v) is 24.5. The molecule has 0 heterocycles. The minimum Gasteiger partial charge on any atom is -0.494 e. The molecule has 10 nitrogen and oxygen atoms in total. The van der Waals surface area contributed by atoms with Gasteiger partial charge in [0.1, 0.15) is 5.75 Å². The lowest BCUT2D eigenvalue weighted by molar-refractivity contribution is -0.129. The van der Waals surface area contributed by atoms with E-state index < -0.39 is 24.1 Å². The van der Waals surface area contributed by atoms with Gasteiger partial charge in [-0.3, -0.25) is 14.4 Å². The first-order valence-corrected chi connectivity index (χ1v) is 15.0. The molecule has 2 unspecified atom stereocenters. The fourth-order valence-electron chi connectivity index (χ4n) is 4.10. The number of carbonyl (C=O) groups is 3. The molecule has 0 saturated heterocycles. The molecule has 0 spiro atoms. The zero-order valence-electron chi connectivity index (χ0n) is 24.5. The van der Waals surface area contributed by atoms with Crippen molar-refractivity contribution in [2.24, 2.45) is 0 Å². The van der Waals surface area contributed by atoms with Crippen LogP contribution >= 0.6 is 0 Å². The van der Waals surface area contributed by atoms with Gasteiger partial charge in [0, 0.05) is 25.2 Å². The largest absolute Gasteiger partial charge is 0.494 e. The highest BCUT2D eigenvalue weighted by Gasteiger charge is 2.21. The van der Waals surface area contributed by atoms with E-state index in [2.05, 4.69) is 28.2 Å². The summed E-state index contributed by atoms with van der Waals surface area (Å²) < 4.78 is 5.72. The van der Waals surface area contributed by atoms with Crippen molar-refractivity contribution in [1.29, 1.82) is 0 Å². The van der Waals surface area contributed by atoms with Crippen LogP contribution in [-0.4, -0.2) is 66.5 Å². The van der Waals surface area contributed by atoms with Crippen LogP contribution < -0.4 is 26.0 Å². The van der Waals surface area contributed by atoms with Crippen LogP contribution in [0.5, 0.6) is 5.75 Å². The lowest BCUT2D eigenvalue weighted by atomic mass is 10.1. The molecule has 10 heteroatoms. The molecular weight excluding hydrogens is 512 g/mol. The molecule has 0 aliphatic rings. The van der Waals surface area contributed by atoms with Gasteiger partial charge in [0.05, 0.1) is 25.7 Å². The third-order valence-electron chi connectivity index (χ3n) is 6.29. The van der Waals surface area contributed by atoms with Crippen LogP contribution in [0.15, 0.2) is 24.3 Å². The van der Waals surface area contributed by atoms with E-state index in [0.717, 1.165) is 19.4 Å². The van der Waals surface area contributed by atoms with E-state index in [1.807, 2.05) is 0 Å². The molecule has 3 amide bonds. The summed E-state index contributed by atoms with van der Waals surface area (Å²) in [5, 5.41) is 29.3. The molecule has 1 aromatic rings. The van der Waals surface area contributed by atoms with Crippen molar-refractivity contribution in [2.45, 2.75) is 110 Å². The molecule has 6 N–H and O–H groups in total. The van der Waals surface area contributed by atoms with Gasteiger partial charge < -0.3 is 36.2 Å². The third-order valence-corrected chi connectivity index (χ3v) is 6.29. The topological polar surface area (TPSA) is 149 Å². The van der Waals surface area contributed by atoms with Gasteiger partial charge in [0.2, 0.25) is 11.8 Å². The van der Waals surface area contributed by atoms with Gasteiger partial charge >= 0.3 is 0 Å². The lowest BCUT2D eigenvalue weighted by Crippen LogP contribution is -2.52. The predicted molar refractivity (Wildman–Crippen MR) is 158 cm³/mol. The second-order valence-corrected chi connectivity index (χ2v) is 10.2. The van der Waals surface area contributed by atoms with Crippen molar-refractivity contribution in [3.05, 3.63) is 24.3 Å². The minimum absolute atomic E-state index is 0.0437. The molecule has 2 atom stereocenters. The number of anilines is 1. The molecule has 228 valence electrons. The van der Waals surface area contributed by atoms with E-state index in [0.29, 0.717) is 30.9 Å². The Morgan fingerprint density at radius 3 is 2.05 bits per heavy atom.